The second-order valence-corrected chi connectivity index (χ2v) is 6.11. The molecule has 1 aromatic rings. The fourth-order valence-electron chi connectivity index (χ4n) is 1.61. The first-order valence-electron chi connectivity index (χ1n) is 7.42. The van der Waals surface area contributed by atoms with Crippen molar-refractivity contribution in [2.75, 3.05) is 20.1 Å². The van der Waals surface area contributed by atoms with Crippen LogP contribution in [0.15, 0.2) is 12.3 Å². The largest absolute Gasteiger partial charge is 0.444 e. The van der Waals surface area contributed by atoms with Crippen molar-refractivity contribution in [1.29, 1.82) is 0 Å². The maximum Gasteiger partial charge on any atom is 0.410 e. The Bertz CT molecular complexity index is 542. The van der Waals surface area contributed by atoms with Gasteiger partial charge in [-0.15, -0.1) is 0 Å². The van der Waals surface area contributed by atoms with E-state index in [2.05, 4.69) is 20.6 Å². The summed E-state index contributed by atoms with van der Waals surface area (Å²) in [6.45, 7) is 8.20. The van der Waals surface area contributed by atoms with Crippen molar-refractivity contribution >= 4 is 12.1 Å². The smallest absolute Gasteiger partial charge is 0.410 e. The summed E-state index contributed by atoms with van der Waals surface area (Å²) < 4.78 is 5.22. The van der Waals surface area contributed by atoms with Gasteiger partial charge in [-0.1, -0.05) is 0 Å². The molecule has 0 aliphatic rings. The molecule has 8 nitrogen and oxygen atoms in total. The number of hydrogen-bond acceptors (Lipinski definition) is 5. The van der Waals surface area contributed by atoms with Crippen LogP contribution in [0.4, 0.5) is 9.59 Å². The second-order valence-electron chi connectivity index (χ2n) is 6.11. The van der Waals surface area contributed by atoms with Crippen LogP contribution in [-0.4, -0.2) is 52.7 Å². The van der Waals surface area contributed by atoms with E-state index in [4.69, 9.17) is 4.74 Å². The average molecular weight is 323 g/mol. The van der Waals surface area contributed by atoms with Crippen LogP contribution in [0.2, 0.25) is 0 Å². The van der Waals surface area contributed by atoms with Crippen molar-refractivity contribution in [3.63, 3.8) is 0 Å². The number of amides is 3. The molecule has 1 aromatic heterocycles. The second kappa shape index (κ2) is 8.30. The van der Waals surface area contributed by atoms with Gasteiger partial charge in [0.1, 0.15) is 11.4 Å². The van der Waals surface area contributed by atoms with E-state index >= 15 is 0 Å². The number of nitrogens with one attached hydrogen (secondary N) is 2. The Morgan fingerprint density at radius 1 is 1.30 bits per heavy atom. The summed E-state index contributed by atoms with van der Waals surface area (Å²) in [5.41, 5.74) is 0.199. The Labute approximate surface area is 136 Å². The minimum Gasteiger partial charge on any atom is -0.444 e. The van der Waals surface area contributed by atoms with Gasteiger partial charge >= 0.3 is 12.1 Å². The monoisotopic (exact) mass is 323 g/mol. The molecular weight excluding hydrogens is 298 g/mol. The summed E-state index contributed by atoms with van der Waals surface area (Å²) in [5.74, 6) is 0.656. The third-order valence-corrected chi connectivity index (χ3v) is 2.70. The number of ether oxygens (including phenoxy) is 1. The Balaban J connectivity index is 2.24. The van der Waals surface area contributed by atoms with Gasteiger partial charge in [-0.3, -0.25) is 0 Å². The molecule has 0 aliphatic carbocycles. The number of carbonyl (C=O) groups excluding carboxylic acids is 2. The molecule has 0 spiro atoms. The Morgan fingerprint density at radius 3 is 2.61 bits per heavy atom. The van der Waals surface area contributed by atoms with Gasteiger partial charge < -0.3 is 20.3 Å². The molecule has 0 saturated heterocycles. The number of aromatic nitrogens is 2. The van der Waals surface area contributed by atoms with Crippen LogP contribution in [0.3, 0.4) is 0 Å². The van der Waals surface area contributed by atoms with E-state index in [1.54, 1.807) is 47.0 Å². The number of hydrogen-bond donors (Lipinski definition) is 2. The highest BCUT2D eigenvalue weighted by atomic mass is 16.6. The summed E-state index contributed by atoms with van der Waals surface area (Å²) in [7, 11) is 1.62. The van der Waals surface area contributed by atoms with E-state index < -0.39 is 11.7 Å². The molecule has 0 bridgehead atoms. The zero-order valence-corrected chi connectivity index (χ0v) is 14.3. The summed E-state index contributed by atoms with van der Waals surface area (Å²) in [6.07, 6.45) is 1.23. The lowest BCUT2D eigenvalue weighted by atomic mass is 10.2. The Morgan fingerprint density at radius 2 is 2.00 bits per heavy atom. The molecule has 0 unspecified atom stereocenters. The lowest BCUT2D eigenvalue weighted by Gasteiger charge is -2.24. The van der Waals surface area contributed by atoms with E-state index in [1.807, 2.05) is 0 Å². The van der Waals surface area contributed by atoms with Crippen LogP contribution < -0.4 is 10.6 Å². The zero-order valence-electron chi connectivity index (χ0n) is 14.3. The molecule has 2 N–H and O–H groups in total. The minimum absolute atomic E-state index is 0.317. The van der Waals surface area contributed by atoms with E-state index in [0.29, 0.717) is 25.5 Å². The van der Waals surface area contributed by atoms with Gasteiger partial charge in [0, 0.05) is 26.3 Å². The quantitative estimate of drug-likeness (QED) is 0.855. The topological polar surface area (TPSA) is 96.5 Å². The number of aryl methyl sites for hydroxylation is 1. The number of urea groups is 1. The van der Waals surface area contributed by atoms with E-state index in [-0.39, 0.29) is 6.03 Å². The van der Waals surface area contributed by atoms with Crippen LogP contribution in [-0.2, 0) is 11.3 Å². The van der Waals surface area contributed by atoms with E-state index in [1.165, 1.54) is 4.90 Å². The van der Waals surface area contributed by atoms with Crippen molar-refractivity contribution in [2.45, 2.75) is 39.8 Å². The predicted octanol–water partition coefficient (Wildman–Crippen LogP) is 1.45. The molecular formula is C15H25N5O3. The van der Waals surface area contributed by atoms with Gasteiger partial charge in [-0.05, 0) is 33.8 Å². The predicted molar refractivity (Wildman–Crippen MR) is 85.9 cm³/mol. The molecule has 8 heteroatoms. The molecule has 23 heavy (non-hydrogen) atoms. The molecule has 0 atom stereocenters. The van der Waals surface area contributed by atoms with Gasteiger partial charge in [0.25, 0.3) is 0 Å². The summed E-state index contributed by atoms with van der Waals surface area (Å²) in [4.78, 5) is 33.0. The van der Waals surface area contributed by atoms with Gasteiger partial charge in [0.05, 0.1) is 12.2 Å². The molecule has 128 valence electrons. The summed E-state index contributed by atoms with van der Waals surface area (Å²) >= 11 is 0. The lowest BCUT2D eigenvalue weighted by Crippen LogP contribution is -2.42. The number of nitrogens with zero attached hydrogens (tertiary/aromatic N) is 3. The van der Waals surface area contributed by atoms with Crippen molar-refractivity contribution in [2.24, 2.45) is 0 Å². The van der Waals surface area contributed by atoms with Crippen molar-refractivity contribution < 1.29 is 14.3 Å². The molecule has 0 saturated carbocycles. The number of carbonyl (C=O) groups is 2. The highest BCUT2D eigenvalue weighted by Gasteiger charge is 2.19. The van der Waals surface area contributed by atoms with Gasteiger partial charge in [-0.25, -0.2) is 19.6 Å². The molecule has 3 amide bonds. The van der Waals surface area contributed by atoms with Crippen LogP contribution in [0.5, 0.6) is 0 Å². The fraction of sp³-hybridized carbons (Fsp3) is 0.600. The van der Waals surface area contributed by atoms with Crippen LogP contribution in [0, 0.1) is 6.92 Å². The first-order chi connectivity index (χ1) is 10.7. The van der Waals surface area contributed by atoms with Crippen LogP contribution in [0.25, 0.3) is 0 Å². The standard InChI is InChI=1S/C15H25N5O3/c1-11-16-7-6-12(19-11)10-18-13(21)17-8-9-20(5)14(22)23-15(2,3)4/h6-7H,8-10H2,1-5H3,(H2,17,18,21). The molecule has 0 fully saturated rings. The fourth-order valence-corrected chi connectivity index (χ4v) is 1.61. The first-order valence-corrected chi connectivity index (χ1v) is 7.42. The molecule has 0 radical (unpaired) electrons. The van der Waals surface area contributed by atoms with E-state index in [9.17, 15) is 9.59 Å². The van der Waals surface area contributed by atoms with E-state index in [0.717, 1.165) is 5.69 Å². The van der Waals surface area contributed by atoms with Gasteiger partial charge in [0.15, 0.2) is 0 Å². The van der Waals surface area contributed by atoms with Crippen LogP contribution >= 0.6 is 0 Å². The SMILES string of the molecule is Cc1nccc(CNC(=O)NCCN(C)C(=O)OC(C)(C)C)n1. The van der Waals surface area contributed by atoms with Gasteiger partial charge in [-0.2, -0.15) is 0 Å². The maximum atomic E-state index is 11.7. The third-order valence-electron chi connectivity index (χ3n) is 2.70. The first kappa shape index (κ1) is 18.7. The highest BCUT2D eigenvalue weighted by molar-refractivity contribution is 5.73. The Hall–Kier alpha value is -2.38. The van der Waals surface area contributed by atoms with Crippen molar-refractivity contribution in [3.05, 3.63) is 23.8 Å². The van der Waals surface area contributed by atoms with Crippen molar-refractivity contribution in [1.82, 2.24) is 25.5 Å². The molecule has 0 aromatic carbocycles. The lowest BCUT2D eigenvalue weighted by molar-refractivity contribution is 0.0301. The summed E-state index contributed by atoms with van der Waals surface area (Å²) in [5, 5.41) is 5.37. The zero-order chi connectivity index (χ0) is 17.5. The molecule has 1 rings (SSSR count). The number of likely N-dealkylation sites (N-methyl/N-ethyl adjacent to an activating group) is 1. The normalized spacial score (nSPS) is 10.8. The Kier molecular flexibility index (Phi) is 6.74. The molecule has 0 aliphatic heterocycles. The maximum absolute atomic E-state index is 11.7. The van der Waals surface area contributed by atoms with Crippen molar-refractivity contribution in [3.8, 4) is 0 Å². The van der Waals surface area contributed by atoms with Crippen LogP contribution in [0.1, 0.15) is 32.3 Å². The third kappa shape index (κ3) is 7.98. The average Bonchev–Trinajstić information content (AvgIpc) is 2.43. The molecule has 1 heterocycles. The summed E-state index contributed by atoms with van der Waals surface area (Å²) in [6, 6.07) is 1.42. The number of rotatable bonds is 5. The minimum atomic E-state index is -0.536. The van der Waals surface area contributed by atoms with Gasteiger partial charge in [0.2, 0.25) is 0 Å². The highest BCUT2D eigenvalue weighted by Crippen LogP contribution is 2.08.